The van der Waals surface area contributed by atoms with Crippen molar-refractivity contribution in [2.45, 2.75) is 64.2 Å². The van der Waals surface area contributed by atoms with Crippen molar-refractivity contribution < 1.29 is 9.63 Å². The molecule has 0 aromatic rings. The Labute approximate surface area is 104 Å². The molecule has 0 aromatic heterocycles. The summed E-state index contributed by atoms with van der Waals surface area (Å²) in [7, 11) is 1.45. The lowest BCUT2D eigenvalue weighted by atomic mass is 10.1. The van der Waals surface area contributed by atoms with Crippen LogP contribution in [0.3, 0.4) is 0 Å². The molecule has 4 heteroatoms. The standard InChI is InChI=1S/C13H24N2O2/c1-17-15-13(16)11-9-7-5-3-2-4-6-8-10-12-14/h2-11H2,1H3,(H,15,16). The van der Waals surface area contributed by atoms with E-state index >= 15 is 0 Å². The van der Waals surface area contributed by atoms with Gasteiger partial charge in [-0.3, -0.25) is 9.63 Å². The van der Waals surface area contributed by atoms with E-state index < -0.39 is 0 Å². The van der Waals surface area contributed by atoms with Gasteiger partial charge in [-0.15, -0.1) is 0 Å². The molecule has 0 saturated carbocycles. The van der Waals surface area contributed by atoms with Gasteiger partial charge in [0, 0.05) is 12.8 Å². The van der Waals surface area contributed by atoms with Crippen molar-refractivity contribution in [1.82, 2.24) is 5.48 Å². The highest BCUT2D eigenvalue weighted by Gasteiger charge is 1.99. The van der Waals surface area contributed by atoms with Gasteiger partial charge >= 0.3 is 0 Å². The fourth-order valence-electron chi connectivity index (χ4n) is 1.72. The number of nitrogens with one attached hydrogen (secondary N) is 1. The Morgan fingerprint density at radius 2 is 1.59 bits per heavy atom. The number of carbonyl (C=O) groups excluding carboxylic acids is 1. The minimum atomic E-state index is -0.0380. The number of amides is 1. The lowest BCUT2D eigenvalue weighted by molar-refractivity contribution is -0.131. The van der Waals surface area contributed by atoms with Crippen LogP contribution in [0.1, 0.15) is 64.2 Å². The van der Waals surface area contributed by atoms with Gasteiger partial charge in [-0.05, 0) is 12.8 Å². The first kappa shape index (κ1) is 15.9. The van der Waals surface area contributed by atoms with Crippen LogP contribution in [-0.4, -0.2) is 13.0 Å². The molecule has 0 saturated heterocycles. The third-order valence-electron chi connectivity index (χ3n) is 2.66. The average Bonchev–Trinajstić information content (AvgIpc) is 2.32. The lowest BCUT2D eigenvalue weighted by Crippen LogP contribution is -2.21. The summed E-state index contributed by atoms with van der Waals surface area (Å²) in [5, 5.41) is 8.36. The van der Waals surface area contributed by atoms with Crippen LogP contribution in [0, 0.1) is 11.3 Å². The van der Waals surface area contributed by atoms with E-state index in [0.29, 0.717) is 12.8 Å². The minimum Gasteiger partial charge on any atom is -0.277 e. The van der Waals surface area contributed by atoms with Crippen LogP contribution in [-0.2, 0) is 9.63 Å². The molecular weight excluding hydrogens is 216 g/mol. The van der Waals surface area contributed by atoms with Gasteiger partial charge < -0.3 is 0 Å². The van der Waals surface area contributed by atoms with Crippen LogP contribution in [0.15, 0.2) is 0 Å². The van der Waals surface area contributed by atoms with Gasteiger partial charge in [0.25, 0.3) is 0 Å². The molecule has 0 aliphatic heterocycles. The summed E-state index contributed by atoms with van der Waals surface area (Å²) in [6.07, 6.45) is 10.4. The SMILES string of the molecule is CONC(=O)CCCCCCCCCCC#N. The molecule has 0 fully saturated rings. The Balaban J connectivity index is 3.04. The highest BCUT2D eigenvalue weighted by atomic mass is 16.6. The molecule has 0 spiro atoms. The van der Waals surface area contributed by atoms with Crippen LogP contribution in [0.4, 0.5) is 0 Å². The quantitative estimate of drug-likeness (QED) is 0.446. The fourth-order valence-corrected chi connectivity index (χ4v) is 1.72. The van der Waals surface area contributed by atoms with E-state index in [1.165, 1.54) is 39.2 Å². The maximum absolute atomic E-state index is 11.0. The third-order valence-corrected chi connectivity index (χ3v) is 2.66. The molecule has 0 aliphatic carbocycles. The largest absolute Gasteiger partial charge is 0.277 e. The van der Waals surface area contributed by atoms with Crippen LogP contribution in [0.5, 0.6) is 0 Å². The highest BCUT2D eigenvalue weighted by Crippen LogP contribution is 2.10. The monoisotopic (exact) mass is 240 g/mol. The average molecular weight is 240 g/mol. The number of rotatable bonds is 11. The maximum Gasteiger partial charge on any atom is 0.243 e. The van der Waals surface area contributed by atoms with E-state index in [-0.39, 0.29) is 5.91 Å². The topological polar surface area (TPSA) is 62.1 Å². The molecule has 1 N–H and O–H groups in total. The predicted octanol–water partition coefficient (Wildman–Crippen LogP) is 3.09. The number of nitriles is 1. The molecule has 98 valence electrons. The Morgan fingerprint density at radius 1 is 1.06 bits per heavy atom. The molecule has 0 unspecified atom stereocenters. The van der Waals surface area contributed by atoms with E-state index in [4.69, 9.17) is 5.26 Å². The van der Waals surface area contributed by atoms with Crippen molar-refractivity contribution in [2.24, 2.45) is 0 Å². The molecule has 0 radical (unpaired) electrons. The summed E-state index contributed by atoms with van der Waals surface area (Å²) in [6.45, 7) is 0. The second-order valence-corrected chi connectivity index (χ2v) is 4.22. The molecule has 1 amide bonds. The second-order valence-electron chi connectivity index (χ2n) is 4.22. The summed E-state index contributed by atoms with van der Waals surface area (Å²) >= 11 is 0. The number of hydrogen-bond donors (Lipinski definition) is 1. The van der Waals surface area contributed by atoms with Gasteiger partial charge in [-0.25, -0.2) is 5.48 Å². The number of hydroxylamine groups is 1. The normalized spacial score (nSPS) is 9.88. The Kier molecular flexibility index (Phi) is 12.2. The molecule has 0 heterocycles. The molecule has 0 aliphatic rings. The van der Waals surface area contributed by atoms with Crippen molar-refractivity contribution in [1.29, 1.82) is 5.26 Å². The summed E-state index contributed by atoms with van der Waals surface area (Å²) in [6, 6.07) is 2.16. The van der Waals surface area contributed by atoms with Crippen LogP contribution in [0.2, 0.25) is 0 Å². The maximum atomic E-state index is 11.0. The fraction of sp³-hybridized carbons (Fsp3) is 0.846. The van der Waals surface area contributed by atoms with Crippen LogP contribution in [0.25, 0.3) is 0 Å². The predicted molar refractivity (Wildman–Crippen MR) is 66.9 cm³/mol. The summed E-state index contributed by atoms with van der Waals surface area (Å²) in [5.74, 6) is -0.0380. The Bertz CT molecular complexity index is 224. The smallest absolute Gasteiger partial charge is 0.243 e. The van der Waals surface area contributed by atoms with Crippen molar-refractivity contribution in [2.75, 3.05) is 7.11 Å². The van der Waals surface area contributed by atoms with Crippen molar-refractivity contribution >= 4 is 5.91 Å². The zero-order valence-electron chi connectivity index (χ0n) is 10.8. The number of nitrogens with zero attached hydrogens (tertiary/aromatic N) is 1. The molecule has 0 bridgehead atoms. The van der Waals surface area contributed by atoms with Gasteiger partial charge in [0.1, 0.15) is 0 Å². The summed E-state index contributed by atoms with van der Waals surface area (Å²) < 4.78 is 0. The number of unbranched alkanes of at least 4 members (excludes halogenated alkanes) is 8. The van der Waals surface area contributed by atoms with Crippen molar-refractivity contribution in [3.05, 3.63) is 0 Å². The van der Waals surface area contributed by atoms with Gasteiger partial charge in [0.05, 0.1) is 13.2 Å². The van der Waals surface area contributed by atoms with Gasteiger partial charge in [-0.1, -0.05) is 38.5 Å². The van der Waals surface area contributed by atoms with Gasteiger partial charge in [0.15, 0.2) is 0 Å². The molecule has 0 atom stereocenters. The minimum absolute atomic E-state index is 0.0380. The second kappa shape index (κ2) is 13.0. The third kappa shape index (κ3) is 12.9. The van der Waals surface area contributed by atoms with Crippen molar-refractivity contribution in [3.8, 4) is 6.07 Å². The van der Waals surface area contributed by atoms with E-state index in [1.54, 1.807) is 0 Å². The molecule has 4 nitrogen and oxygen atoms in total. The van der Waals surface area contributed by atoms with E-state index in [0.717, 1.165) is 19.3 Å². The van der Waals surface area contributed by atoms with Crippen LogP contribution < -0.4 is 5.48 Å². The first-order valence-corrected chi connectivity index (χ1v) is 6.50. The van der Waals surface area contributed by atoms with Crippen molar-refractivity contribution in [3.63, 3.8) is 0 Å². The molecule has 0 rings (SSSR count). The molecule has 17 heavy (non-hydrogen) atoms. The summed E-state index contributed by atoms with van der Waals surface area (Å²) in [5.41, 5.74) is 2.31. The Morgan fingerprint density at radius 3 is 2.12 bits per heavy atom. The van der Waals surface area contributed by atoms with Gasteiger partial charge in [0.2, 0.25) is 5.91 Å². The Hall–Kier alpha value is -1.08. The summed E-state index contributed by atoms with van der Waals surface area (Å²) in [4.78, 5) is 15.5. The lowest BCUT2D eigenvalue weighted by Gasteiger charge is -2.02. The van der Waals surface area contributed by atoms with E-state index in [1.807, 2.05) is 0 Å². The van der Waals surface area contributed by atoms with E-state index in [9.17, 15) is 4.79 Å². The number of hydrogen-bond acceptors (Lipinski definition) is 3. The molecule has 0 aromatic carbocycles. The zero-order chi connectivity index (χ0) is 12.8. The van der Waals surface area contributed by atoms with Crippen LogP contribution >= 0.6 is 0 Å². The highest BCUT2D eigenvalue weighted by molar-refractivity contribution is 5.74. The molecular formula is C13H24N2O2. The number of carbonyl (C=O) groups is 1. The first-order chi connectivity index (χ1) is 8.31. The van der Waals surface area contributed by atoms with Gasteiger partial charge in [-0.2, -0.15) is 5.26 Å². The zero-order valence-corrected chi connectivity index (χ0v) is 10.8. The first-order valence-electron chi connectivity index (χ1n) is 6.50. The van der Waals surface area contributed by atoms with E-state index in [2.05, 4.69) is 16.4 Å².